The monoisotopic (exact) mass is 461 g/mol. The fraction of sp³-hybridized carbons (Fsp3) is 0.643. The highest BCUT2D eigenvalue weighted by atomic mass is 16.4. The molecule has 17 nitrogen and oxygen atoms in total. The number of aliphatic carboxylic acids is 4. The average Bonchev–Trinajstić information content (AvgIpc) is 2.57. The van der Waals surface area contributed by atoms with Gasteiger partial charge in [0.15, 0.2) is 6.29 Å². The molecule has 4 atom stereocenters. The van der Waals surface area contributed by atoms with Crippen LogP contribution >= 0.6 is 0 Å². The minimum absolute atomic E-state index is 0.287. The van der Waals surface area contributed by atoms with E-state index in [4.69, 9.17) is 60.5 Å². The van der Waals surface area contributed by atoms with Crippen molar-refractivity contribution >= 4 is 30.2 Å². The summed E-state index contributed by atoms with van der Waals surface area (Å²) in [5.74, 6) is -3.33. The van der Waals surface area contributed by atoms with Crippen molar-refractivity contribution in [2.24, 2.45) is 5.11 Å². The van der Waals surface area contributed by atoms with Gasteiger partial charge in [-0.15, -0.1) is 0 Å². The molecule has 0 amide bonds. The van der Waals surface area contributed by atoms with Gasteiger partial charge in [0.05, 0.1) is 6.61 Å². The molecular weight excluding hydrogens is 434 g/mol. The summed E-state index contributed by atoms with van der Waals surface area (Å²) < 4.78 is 0. The summed E-state index contributed by atoms with van der Waals surface area (Å²) in [5.41, 5.74) is 5.11. The summed E-state index contributed by atoms with van der Waals surface area (Å²) in [6, 6.07) is 0. The smallest absolute Gasteiger partial charge is 0.300 e. The van der Waals surface area contributed by atoms with Crippen molar-refractivity contribution < 1.29 is 69.9 Å². The van der Waals surface area contributed by atoms with E-state index in [1.54, 1.807) is 0 Å². The number of carbonyl (C=O) groups excluding carboxylic acids is 1. The number of aldehydes is 1. The quantitative estimate of drug-likeness (QED) is 0.0863. The molecule has 0 unspecified atom stereocenters. The van der Waals surface area contributed by atoms with E-state index in [0.717, 1.165) is 27.7 Å². The Morgan fingerprint density at radius 3 is 1.32 bits per heavy atom. The molecule has 0 fully saturated rings. The zero-order valence-corrected chi connectivity index (χ0v) is 16.9. The number of aliphatic hydroxyl groups excluding tert-OH is 4. The SMILES string of the molecule is CC(=O)O.CC(=O)O.CC(=O)O.CC(=O)O.[N-]=[N+]=N[C@](O)(C=O)[C@@H](O)[C@H](O)[C@H](O)CO. The molecule has 0 saturated heterocycles. The predicted octanol–water partition coefficient (Wildman–Crippen LogP) is -2.38. The van der Waals surface area contributed by atoms with Gasteiger partial charge in [-0.05, 0) is 10.6 Å². The van der Waals surface area contributed by atoms with Gasteiger partial charge in [-0.3, -0.25) is 24.0 Å². The highest BCUT2D eigenvalue weighted by Gasteiger charge is 2.42. The number of hydrogen-bond acceptors (Lipinski definition) is 11. The highest BCUT2D eigenvalue weighted by molar-refractivity contribution is 5.64. The lowest BCUT2D eigenvalue weighted by molar-refractivity contribution is -0.162. The second-order valence-corrected chi connectivity index (χ2v) is 4.85. The second kappa shape index (κ2) is 22.9. The molecule has 31 heavy (non-hydrogen) atoms. The average molecular weight is 461 g/mol. The van der Waals surface area contributed by atoms with Crippen LogP contribution in [0, 0.1) is 0 Å². The van der Waals surface area contributed by atoms with Crippen molar-refractivity contribution in [3.05, 3.63) is 10.4 Å². The summed E-state index contributed by atoms with van der Waals surface area (Å²) in [6.07, 6.45) is -6.34. The number of hydrogen-bond donors (Lipinski definition) is 9. The molecule has 0 aromatic carbocycles. The third kappa shape index (κ3) is 41.9. The standard InChI is InChI=1S/C6H11N3O6.4C2H4O2/c7-9-8-6(15,2-11)5(14)4(13)3(12)1-10;4*1-2(3)4/h2-5,10,12-15H,1H2;4*1H3,(H,3,4)/t3-,4-,5+,6+;;;;/m1..../s1. The van der Waals surface area contributed by atoms with E-state index < -0.39 is 54.5 Å². The number of carboxylic acids is 4. The lowest BCUT2D eigenvalue weighted by Crippen LogP contribution is -2.53. The zero-order chi connectivity index (χ0) is 26.4. The van der Waals surface area contributed by atoms with Crippen LogP contribution in [0.4, 0.5) is 0 Å². The number of azide groups is 1. The van der Waals surface area contributed by atoms with Gasteiger partial charge in [-0.1, -0.05) is 0 Å². The molecule has 0 radical (unpaired) electrons. The zero-order valence-electron chi connectivity index (χ0n) is 16.9. The molecule has 0 heterocycles. The molecule has 0 spiro atoms. The third-order valence-electron chi connectivity index (χ3n) is 1.72. The molecule has 0 aromatic heterocycles. The Morgan fingerprint density at radius 1 is 0.903 bits per heavy atom. The molecule has 0 aliphatic rings. The van der Waals surface area contributed by atoms with Crippen molar-refractivity contribution in [3.63, 3.8) is 0 Å². The summed E-state index contributed by atoms with van der Waals surface area (Å²) in [7, 11) is 0. The van der Waals surface area contributed by atoms with Gasteiger partial charge in [-0.2, -0.15) is 0 Å². The van der Waals surface area contributed by atoms with Crippen LogP contribution in [0.3, 0.4) is 0 Å². The molecule has 17 heteroatoms. The van der Waals surface area contributed by atoms with Crippen LogP contribution in [0.5, 0.6) is 0 Å². The number of rotatable bonds is 6. The van der Waals surface area contributed by atoms with Gasteiger partial charge in [0.1, 0.15) is 18.3 Å². The van der Waals surface area contributed by atoms with Gasteiger partial charge in [0.2, 0.25) is 5.72 Å². The van der Waals surface area contributed by atoms with Gasteiger partial charge < -0.3 is 46.0 Å². The Balaban J connectivity index is -0.000000114. The topological polar surface area (TPSA) is 316 Å². The van der Waals surface area contributed by atoms with Crippen LogP contribution in [0.2, 0.25) is 0 Å². The summed E-state index contributed by atoms with van der Waals surface area (Å²) >= 11 is 0. The van der Waals surface area contributed by atoms with E-state index in [0.29, 0.717) is 0 Å². The third-order valence-corrected chi connectivity index (χ3v) is 1.72. The maximum absolute atomic E-state index is 10.3. The van der Waals surface area contributed by atoms with Crippen LogP contribution in [-0.4, -0.2) is 107 Å². The fourth-order valence-electron chi connectivity index (χ4n) is 0.794. The van der Waals surface area contributed by atoms with Crippen LogP contribution < -0.4 is 0 Å². The van der Waals surface area contributed by atoms with Crippen molar-refractivity contribution in [2.45, 2.75) is 51.7 Å². The van der Waals surface area contributed by atoms with Gasteiger partial charge in [0.25, 0.3) is 23.9 Å². The maximum Gasteiger partial charge on any atom is 0.300 e. The summed E-state index contributed by atoms with van der Waals surface area (Å²) in [4.78, 5) is 48.4. The van der Waals surface area contributed by atoms with E-state index in [9.17, 15) is 15.0 Å². The van der Waals surface area contributed by atoms with Crippen molar-refractivity contribution in [2.75, 3.05) is 6.61 Å². The lowest BCUT2D eigenvalue weighted by Gasteiger charge is -2.28. The van der Waals surface area contributed by atoms with E-state index in [2.05, 4.69) is 10.0 Å². The first-order valence-corrected chi connectivity index (χ1v) is 7.54. The normalized spacial score (nSPS) is 13.2. The predicted molar refractivity (Wildman–Crippen MR) is 98.5 cm³/mol. The lowest BCUT2D eigenvalue weighted by atomic mass is 10.00. The molecule has 0 aliphatic heterocycles. The fourth-order valence-corrected chi connectivity index (χ4v) is 0.794. The van der Waals surface area contributed by atoms with E-state index in [1.165, 1.54) is 0 Å². The Bertz CT molecular complexity index is 529. The molecule has 0 bridgehead atoms. The van der Waals surface area contributed by atoms with Crippen molar-refractivity contribution in [1.82, 2.24) is 0 Å². The Morgan fingerprint density at radius 2 is 1.16 bits per heavy atom. The number of aliphatic hydroxyl groups is 5. The molecule has 9 N–H and O–H groups in total. The first kappa shape index (κ1) is 38.3. The minimum atomic E-state index is -2.88. The first-order valence-electron chi connectivity index (χ1n) is 7.54. The molecule has 0 saturated carbocycles. The Labute approximate surface area is 175 Å². The summed E-state index contributed by atoms with van der Waals surface area (Å²) in [6.45, 7) is 3.43. The van der Waals surface area contributed by atoms with Crippen molar-refractivity contribution in [1.29, 1.82) is 0 Å². The van der Waals surface area contributed by atoms with Crippen LogP contribution in [0.25, 0.3) is 10.4 Å². The minimum Gasteiger partial charge on any atom is -0.481 e. The van der Waals surface area contributed by atoms with E-state index in [-0.39, 0.29) is 6.29 Å². The van der Waals surface area contributed by atoms with Crippen LogP contribution in [0.1, 0.15) is 27.7 Å². The van der Waals surface area contributed by atoms with Crippen LogP contribution in [-0.2, 0) is 24.0 Å². The number of nitrogens with zero attached hydrogens (tertiary/aromatic N) is 3. The van der Waals surface area contributed by atoms with Gasteiger partial charge in [-0.25, -0.2) is 0 Å². The van der Waals surface area contributed by atoms with Gasteiger partial charge >= 0.3 is 0 Å². The van der Waals surface area contributed by atoms with Gasteiger partial charge in [0, 0.05) is 32.6 Å². The number of carbonyl (C=O) groups is 5. The van der Waals surface area contributed by atoms with Crippen molar-refractivity contribution in [3.8, 4) is 0 Å². The maximum atomic E-state index is 10.3. The summed E-state index contributed by atoms with van der Waals surface area (Å²) in [5, 5.41) is 77.1. The molecule has 182 valence electrons. The molecular formula is C14H27N3O14. The second-order valence-electron chi connectivity index (χ2n) is 4.85. The Hall–Kier alpha value is -3.34. The molecule has 0 aliphatic carbocycles. The molecule has 0 aromatic rings. The first-order chi connectivity index (χ1) is 13.9. The largest absolute Gasteiger partial charge is 0.481 e. The molecule has 0 rings (SSSR count). The highest BCUT2D eigenvalue weighted by Crippen LogP contribution is 2.15. The van der Waals surface area contributed by atoms with E-state index in [1.807, 2.05) is 0 Å². The van der Waals surface area contributed by atoms with E-state index >= 15 is 0 Å². The van der Waals surface area contributed by atoms with Crippen LogP contribution in [0.15, 0.2) is 5.11 Å². The Kier molecular flexibility index (Phi) is 28.3. The number of carboxylic acid groups (broad SMARTS) is 4.